The summed E-state index contributed by atoms with van der Waals surface area (Å²) in [5.74, 6) is -1.18. The Hall–Kier alpha value is -1.77. The van der Waals surface area contributed by atoms with Gasteiger partial charge in [0.1, 0.15) is 5.82 Å². The van der Waals surface area contributed by atoms with Crippen LogP contribution in [0.1, 0.15) is 10.5 Å². The van der Waals surface area contributed by atoms with Crippen LogP contribution >= 0.6 is 22.6 Å². The number of ether oxygens (including phenoxy) is 1. The second-order valence-corrected chi connectivity index (χ2v) is 4.72. The summed E-state index contributed by atoms with van der Waals surface area (Å²) in [6.45, 7) is 0. The maximum Gasteiger partial charge on any atom is 0.362 e. The van der Waals surface area contributed by atoms with Crippen LogP contribution in [0.25, 0.3) is 5.69 Å². The second kappa shape index (κ2) is 5.47. The van der Waals surface area contributed by atoms with Crippen LogP contribution in [0.3, 0.4) is 0 Å². The molecule has 0 saturated heterocycles. The molecule has 0 fully saturated rings. The predicted octanol–water partition coefficient (Wildman–Crippen LogP) is 1.76. The van der Waals surface area contributed by atoms with Crippen LogP contribution in [0.2, 0.25) is 0 Å². The quantitative estimate of drug-likeness (QED) is 0.594. The van der Waals surface area contributed by atoms with Crippen molar-refractivity contribution in [3.63, 3.8) is 0 Å². The lowest BCUT2D eigenvalue weighted by Gasteiger charge is -2.08. The van der Waals surface area contributed by atoms with Crippen molar-refractivity contribution < 1.29 is 13.9 Å². The summed E-state index contributed by atoms with van der Waals surface area (Å²) < 4.78 is 19.4. The number of nitrogens with zero attached hydrogens (tertiary/aromatic N) is 2. The number of halogens is 2. The molecule has 98 valence electrons. The Kier molecular flexibility index (Phi) is 3.93. The van der Waals surface area contributed by atoms with E-state index >= 15 is 0 Å². The average molecular weight is 374 g/mol. The fourth-order valence-corrected chi connectivity index (χ4v) is 2.17. The van der Waals surface area contributed by atoms with E-state index in [1.54, 1.807) is 0 Å². The molecule has 19 heavy (non-hydrogen) atoms. The average Bonchev–Trinajstić information content (AvgIpc) is 2.39. The van der Waals surface area contributed by atoms with E-state index in [4.69, 9.17) is 0 Å². The highest BCUT2D eigenvalue weighted by Crippen LogP contribution is 2.17. The number of hydrogen-bond donors (Lipinski definition) is 0. The topological polar surface area (TPSA) is 61.2 Å². The van der Waals surface area contributed by atoms with Crippen molar-refractivity contribution >= 4 is 28.6 Å². The predicted molar refractivity (Wildman–Crippen MR) is 73.8 cm³/mol. The van der Waals surface area contributed by atoms with Crippen LogP contribution in [-0.2, 0) is 4.74 Å². The Morgan fingerprint density at radius 3 is 2.79 bits per heavy atom. The number of benzene rings is 1. The zero-order chi connectivity index (χ0) is 14.0. The van der Waals surface area contributed by atoms with Crippen molar-refractivity contribution in [1.82, 2.24) is 9.78 Å². The number of aromatic nitrogens is 2. The molecule has 0 spiro atoms. The Balaban J connectivity index is 2.57. The lowest BCUT2D eigenvalue weighted by atomic mass is 10.3. The summed E-state index contributed by atoms with van der Waals surface area (Å²) in [6.07, 6.45) is 1.41. The molecule has 0 atom stereocenters. The number of esters is 1. The highest BCUT2D eigenvalue weighted by Gasteiger charge is 2.14. The second-order valence-electron chi connectivity index (χ2n) is 3.56. The monoisotopic (exact) mass is 374 g/mol. The number of methoxy groups -OCH3 is 1. The van der Waals surface area contributed by atoms with Gasteiger partial charge in [0, 0.05) is 15.8 Å². The van der Waals surface area contributed by atoms with E-state index in [-0.39, 0.29) is 11.5 Å². The molecule has 0 bridgehead atoms. The minimum absolute atomic E-state index is 0.315. The van der Waals surface area contributed by atoms with Crippen molar-refractivity contribution in [1.29, 1.82) is 0 Å². The molecular formula is C12H8FIN2O3. The van der Waals surface area contributed by atoms with Gasteiger partial charge >= 0.3 is 5.97 Å². The molecule has 0 aliphatic heterocycles. The molecule has 0 aliphatic rings. The van der Waals surface area contributed by atoms with Crippen molar-refractivity contribution in [3.05, 3.63) is 55.8 Å². The number of carbonyl (C=O) groups excluding carboxylic acids is 1. The first-order valence-corrected chi connectivity index (χ1v) is 6.24. The van der Waals surface area contributed by atoms with Gasteiger partial charge in [0.05, 0.1) is 12.8 Å². The first-order valence-electron chi connectivity index (χ1n) is 5.16. The lowest BCUT2D eigenvalue weighted by Crippen LogP contribution is -2.21. The highest BCUT2D eigenvalue weighted by molar-refractivity contribution is 14.1. The first kappa shape index (κ1) is 13.7. The van der Waals surface area contributed by atoms with Gasteiger partial charge in [-0.05, 0) is 40.8 Å². The SMILES string of the molecule is COC(=O)c1nn(-c2ccc(F)cc2I)ccc1=O. The largest absolute Gasteiger partial charge is 0.464 e. The molecule has 0 N–H and O–H groups in total. The standard InChI is InChI=1S/C12H8FIN2O3/c1-19-12(18)11-10(17)4-5-16(15-11)9-3-2-7(13)6-8(9)14/h2-6H,1H3. The lowest BCUT2D eigenvalue weighted by molar-refractivity contribution is 0.0590. The number of hydrogen-bond acceptors (Lipinski definition) is 4. The minimum Gasteiger partial charge on any atom is -0.464 e. The van der Waals surface area contributed by atoms with Crippen LogP contribution in [0, 0.1) is 9.39 Å². The summed E-state index contributed by atoms with van der Waals surface area (Å²) >= 11 is 1.94. The van der Waals surface area contributed by atoms with Crippen molar-refractivity contribution in [2.45, 2.75) is 0 Å². The fraction of sp³-hybridized carbons (Fsp3) is 0.0833. The fourth-order valence-electron chi connectivity index (χ4n) is 1.45. The van der Waals surface area contributed by atoms with E-state index in [0.717, 1.165) is 0 Å². The van der Waals surface area contributed by atoms with Gasteiger partial charge in [-0.15, -0.1) is 0 Å². The molecule has 1 aromatic heterocycles. The van der Waals surface area contributed by atoms with Crippen LogP contribution in [0.4, 0.5) is 4.39 Å². The molecule has 1 aromatic carbocycles. The number of carbonyl (C=O) groups is 1. The van der Waals surface area contributed by atoms with E-state index in [9.17, 15) is 14.0 Å². The van der Waals surface area contributed by atoms with Gasteiger partial charge in [-0.1, -0.05) is 0 Å². The molecule has 2 rings (SSSR count). The van der Waals surface area contributed by atoms with Gasteiger partial charge in [-0.25, -0.2) is 13.9 Å². The Morgan fingerprint density at radius 1 is 1.42 bits per heavy atom. The van der Waals surface area contributed by atoms with E-state index in [1.165, 1.54) is 42.3 Å². The Labute approximate surface area is 121 Å². The van der Waals surface area contributed by atoms with Gasteiger partial charge in [0.25, 0.3) is 0 Å². The third kappa shape index (κ3) is 2.80. The van der Waals surface area contributed by atoms with Crippen molar-refractivity contribution in [3.8, 4) is 5.69 Å². The van der Waals surface area contributed by atoms with E-state index in [0.29, 0.717) is 9.26 Å². The zero-order valence-electron chi connectivity index (χ0n) is 9.76. The summed E-state index contributed by atoms with van der Waals surface area (Å²) in [6, 6.07) is 5.32. The molecule has 0 unspecified atom stereocenters. The van der Waals surface area contributed by atoms with Gasteiger partial charge < -0.3 is 4.74 Å². The first-order chi connectivity index (χ1) is 9.02. The van der Waals surface area contributed by atoms with E-state index in [1.807, 2.05) is 22.6 Å². The Bertz CT molecular complexity index is 700. The zero-order valence-corrected chi connectivity index (χ0v) is 11.9. The van der Waals surface area contributed by atoms with Crippen molar-refractivity contribution in [2.24, 2.45) is 0 Å². The molecule has 2 aromatic rings. The molecular weight excluding hydrogens is 366 g/mol. The van der Waals surface area contributed by atoms with E-state index < -0.39 is 11.4 Å². The molecule has 5 nitrogen and oxygen atoms in total. The normalized spacial score (nSPS) is 10.3. The molecule has 0 radical (unpaired) electrons. The van der Waals surface area contributed by atoms with Gasteiger partial charge in [-0.3, -0.25) is 4.79 Å². The maximum absolute atomic E-state index is 13.0. The van der Waals surface area contributed by atoms with Gasteiger partial charge in [0.15, 0.2) is 0 Å². The van der Waals surface area contributed by atoms with Gasteiger partial charge in [-0.2, -0.15) is 5.10 Å². The van der Waals surface area contributed by atoms with Crippen molar-refractivity contribution in [2.75, 3.05) is 7.11 Å². The summed E-state index contributed by atoms with van der Waals surface area (Å²) in [4.78, 5) is 22.9. The third-order valence-corrected chi connectivity index (χ3v) is 3.21. The van der Waals surface area contributed by atoms with Crippen LogP contribution < -0.4 is 5.43 Å². The van der Waals surface area contributed by atoms with E-state index in [2.05, 4.69) is 9.84 Å². The Morgan fingerprint density at radius 2 is 2.16 bits per heavy atom. The molecule has 0 aliphatic carbocycles. The highest BCUT2D eigenvalue weighted by atomic mass is 127. The summed E-state index contributed by atoms with van der Waals surface area (Å²) in [7, 11) is 1.17. The molecule has 0 saturated carbocycles. The smallest absolute Gasteiger partial charge is 0.362 e. The van der Waals surface area contributed by atoms with Crippen LogP contribution in [0.15, 0.2) is 35.3 Å². The molecule has 1 heterocycles. The summed E-state index contributed by atoms with van der Waals surface area (Å²) in [5, 5.41) is 3.91. The third-order valence-electron chi connectivity index (χ3n) is 2.34. The minimum atomic E-state index is -0.809. The summed E-state index contributed by atoms with van der Waals surface area (Å²) in [5.41, 5.74) is -0.280. The van der Waals surface area contributed by atoms with Crippen LogP contribution in [0.5, 0.6) is 0 Å². The number of rotatable bonds is 2. The maximum atomic E-state index is 13.0. The van der Waals surface area contributed by atoms with Gasteiger partial charge in [0.2, 0.25) is 11.1 Å². The molecule has 7 heteroatoms. The van der Waals surface area contributed by atoms with Crippen LogP contribution in [-0.4, -0.2) is 22.9 Å². The molecule has 0 amide bonds.